The van der Waals surface area contributed by atoms with Gasteiger partial charge in [0.15, 0.2) is 0 Å². The lowest BCUT2D eigenvalue weighted by atomic mass is 9.93. The number of aliphatic hydroxyl groups excluding tert-OH is 2. The molecular formula is C15H26N4O7S. The standard InChI is InChI=1S/C15H26N4O7S/c1-7(21)12(17)14(24)19(2)18-13(23)8(5-11(16)22)3-10(27)4-9(6-20)15(25)26/h7-9,12,20-21H,3-6,17H2,1-2H3,(H2,16,22)(H,18,23)(H,25,26)/t7?,8-,9-,12-/m1/s1. The first-order chi connectivity index (χ1) is 12.4. The number of aliphatic hydroxyl groups is 2. The van der Waals surface area contributed by atoms with Crippen LogP contribution in [0.3, 0.4) is 0 Å². The zero-order valence-corrected chi connectivity index (χ0v) is 15.9. The Labute approximate surface area is 161 Å². The summed E-state index contributed by atoms with van der Waals surface area (Å²) in [4.78, 5) is 46.7. The minimum Gasteiger partial charge on any atom is -0.481 e. The van der Waals surface area contributed by atoms with Gasteiger partial charge in [0.05, 0.1) is 24.5 Å². The number of likely N-dealkylation sites (N-methyl/N-ethyl adjacent to an activating group) is 1. The van der Waals surface area contributed by atoms with E-state index in [1.807, 2.05) is 0 Å². The molecule has 3 amide bonds. The van der Waals surface area contributed by atoms with Crippen LogP contribution in [0.1, 0.15) is 26.2 Å². The van der Waals surface area contributed by atoms with Gasteiger partial charge in [-0.3, -0.25) is 29.6 Å². The van der Waals surface area contributed by atoms with Crippen molar-refractivity contribution < 1.29 is 34.5 Å². The quantitative estimate of drug-likeness (QED) is 0.159. The highest BCUT2D eigenvalue weighted by atomic mass is 32.1. The van der Waals surface area contributed by atoms with Crippen molar-refractivity contribution in [2.24, 2.45) is 23.3 Å². The van der Waals surface area contributed by atoms with Crippen LogP contribution in [0.4, 0.5) is 0 Å². The van der Waals surface area contributed by atoms with Crippen LogP contribution in [0.2, 0.25) is 0 Å². The van der Waals surface area contributed by atoms with Crippen molar-refractivity contribution in [2.45, 2.75) is 38.3 Å². The Morgan fingerprint density at radius 2 is 1.67 bits per heavy atom. The van der Waals surface area contributed by atoms with E-state index in [2.05, 4.69) is 5.43 Å². The summed E-state index contributed by atoms with van der Waals surface area (Å²) in [5, 5.41) is 28.1. The fraction of sp³-hybridized carbons (Fsp3) is 0.667. The van der Waals surface area contributed by atoms with E-state index in [4.69, 9.17) is 33.9 Å². The van der Waals surface area contributed by atoms with E-state index in [9.17, 15) is 24.3 Å². The zero-order chi connectivity index (χ0) is 21.3. The lowest BCUT2D eigenvalue weighted by Gasteiger charge is -2.25. The van der Waals surface area contributed by atoms with Gasteiger partial charge in [0.2, 0.25) is 11.8 Å². The van der Waals surface area contributed by atoms with Crippen molar-refractivity contribution >= 4 is 40.8 Å². The summed E-state index contributed by atoms with van der Waals surface area (Å²) in [6, 6.07) is -1.26. The lowest BCUT2D eigenvalue weighted by molar-refractivity contribution is -0.144. The van der Waals surface area contributed by atoms with Crippen molar-refractivity contribution in [1.29, 1.82) is 0 Å². The number of carboxylic acids is 1. The van der Waals surface area contributed by atoms with Crippen molar-refractivity contribution in [3.8, 4) is 0 Å². The second-order valence-electron chi connectivity index (χ2n) is 6.17. The number of hydrogen-bond donors (Lipinski definition) is 6. The summed E-state index contributed by atoms with van der Waals surface area (Å²) >= 11 is 5.06. The van der Waals surface area contributed by atoms with E-state index in [0.29, 0.717) is 0 Å². The Kier molecular flexibility index (Phi) is 10.6. The van der Waals surface area contributed by atoms with Gasteiger partial charge in [0.1, 0.15) is 6.04 Å². The van der Waals surface area contributed by atoms with Crippen LogP contribution in [0.5, 0.6) is 0 Å². The number of carboxylic acid groups (broad SMARTS) is 1. The van der Waals surface area contributed by atoms with Gasteiger partial charge in [0, 0.05) is 13.5 Å². The molecule has 0 radical (unpaired) electrons. The molecule has 0 aromatic carbocycles. The Balaban J connectivity index is 5.05. The lowest BCUT2D eigenvalue weighted by Crippen LogP contribution is -2.55. The largest absolute Gasteiger partial charge is 0.481 e. The molecule has 0 fully saturated rings. The van der Waals surface area contributed by atoms with Gasteiger partial charge in [0.25, 0.3) is 5.91 Å². The number of nitrogens with two attached hydrogens (primary N) is 2. The van der Waals surface area contributed by atoms with E-state index in [-0.39, 0.29) is 24.1 Å². The summed E-state index contributed by atoms with van der Waals surface area (Å²) in [6.07, 6.45) is -1.82. The molecule has 154 valence electrons. The topological polar surface area (TPSA) is 196 Å². The second kappa shape index (κ2) is 11.5. The molecule has 0 heterocycles. The third-order valence-corrected chi connectivity index (χ3v) is 4.08. The minimum atomic E-state index is -1.26. The number of carbonyl (C=O) groups is 4. The minimum absolute atomic E-state index is 0.141. The van der Waals surface area contributed by atoms with Gasteiger partial charge in [-0.2, -0.15) is 0 Å². The van der Waals surface area contributed by atoms with Gasteiger partial charge in [-0.25, -0.2) is 0 Å². The molecular weight excluding hydrogens is 380 g/mol. The molecule has 0 aliphatic rings. The number of carbonyl (C=O) groups excluding carboxylic acids is 3. The van der Waals surface area contributed by atoms with E-state index in [1.54, 1.807) is 0 Å². The molecule has 0 saturated carbocycles. The molecule has 0 bridgehead atoms. The first-order valence-corrected chi connectivity index (χ1v) is 8.46. The summed E-state index contributed by atoms with van der Waals surface area (Å²) < 4.78 is 0. The highest BCUT2D eigenvalue weighted by Gasteiger charge is 2.28. The van der Waals surface area contributed by atoms with Crippen LogP contribution < -0.4 is 16.9 Å². The van der Waals surface area contributed by atoms with Crippen LogP contribution in [-0.4, -0.2) is 74.7 Å². The van der Waals surface area contributed by atoms with E-state index in [0.717, 1.165) is 5.01 Å². The van der Waals surface area contributed by atoms with Gasteiger partial charge in [-0.1, -0.05) is 12.2 Å². The monoisotopic (exact) mass is 406 g/mol. The highest BCUT2D eigenvalue weighted by molar-refractivity contribution is 7.80. The normalized spacial score (nSPS) is 15.1. The first-order valence-electron chi connectivity index (χ1n) is 8.06. The molecule has 11 nitrogen and oxygen atoms in total. The number of hydrazine groups is 1. The summed E-state index contributed by atoms with van der Waals surface area (Å²) in [6.45, 7) is 0.684. The Morgan fingerprint density at radius 1 is 1.15 bits per heavy atom. The van der Waals surface area contributed by atoms with E-state index < -0.39 is 54.3 Å². The SMILES string of the molecule is CC(O)[C@@H](N)C(=O)N(C)NC(=O)[C@@H](CC(N)=O)CC(=S)C[C@H](CO)C(=O)O. The summed E-state index contributed by atoms with van der Waals surface area (Å²) in [5.74, 6) is -5.70. The number of nitrogens with zero attached hydrogens (tertiary/aromatic N) is 1. The average Bonchev–Trinajstić information content (AvgIpc) is 2.56. The number of rotatable bonds is 11. The molecule has 0 rings (SSSR count). The number of aliphatic carboxylic acids is 1. The molecule has 4 atom stereocenters. The van der Waals surface area contributed by atoms with Crippen LogP contribution >= 0.6 is 12.2 Å². The first kappa shape index (κ1) is 24.8. The van der Waals surface area contributed by atoms with Gasteiger partial charge < -0.3 is 26.8 Å². The van der Waals surface area contributed by atoms with Crippen molar-refractivity contribution in [2.75, 3.05) is 13.7 Å². The smallest absolute Gasteiger partial charge is 0.309 e. The molecule has 12 heteroatoms. The second-order valence-corrected chi connectivity index (χ2v) is 6.75. The van der Waals surface area contributed by atoms with Crippen molar-refractivity contribution in [1.82, 2.24) is 10.4 Å². The van der Waals surface area contributed by atoms with Crippen molar-refractivity contribution in [3.05, 3.63) is 0 Å². The Morgan fingerprint density at radius 3 is 2.07 bits per heavy atom. The Hall–Kier alpha value is -2.15. The van der Waals surface area contributed by atoms with Crippen LogP contribution in [0.25, 0.3) is 0 Å². The predicted octanol–water partition coefficient (Wildman–Crippen LogP) is -2.48. The third-order valence-electron chi connectivity index (χ3n) is 3.75. The zero-order valence-electron chi connectivity index (χ0n) is 15.1. The molecule has 27 heavy (non-hydrogen) atoms. The van der Waals surface area contributed by atoms with Crippen molar-refractivity contribution in [3.63, 3.8) is 0 Å². The maximum atomic E-state index is 12.4. The average molecular weight is 406 g/mol. The van der Waals surface area contributed by atoms with Gasteiger partial charge in [-0.15, -0.1) is 0 Å². The Bertz CT molecular complexity index is 585. The summed E-state index contributed by atoms with van der Waals surface area (Å²) in [7, 11) is 1.22. The molecule has 0 saturated heterocycles. The van der Waals surface area contributed by atoms with Crippen LogP contribution in [0, 0.1) is 11.8 Å². The molecule has 0 aliphatic carbocycles. The maximum Gasteiger partial charge on any atom is 0.309 e. The highest BCUT2D eigenvalue weighted by Crippen LogP contribution is 2.16. The summed E-state index contributed by atoms with van der Waals surface area (Å²) in [5.41, 5.74) is 12.9. The van der Waals surface area contributed by atoms with Crippen LogP contribution in [-0.2, 0) is 19.2 Å². The number of nitrogens with one attached hydrogen (secondary N) is 1. The fourth-order valence-electron chi connectivity index (χ4n) is 2.10. The number of primary amides is 1. The van der Waals surface area contributed by atoms with E-state index in [1.165, 1.54) is 14.0 Å². The molecule has 0 spiro atoms. The number of thiocarbonyl (C=S) groups is 1. The molecule has 1 unspecified atom stereocenters. The molecule has 0 aliphatic heterocycles. The number of hydrogen-bond acceptors (Lipinski definition) is 8. The van der Waals surface area contributed by atoms with Gasteiger partial charge >= 0.3 is 5.97 Å². The maximum absolute atomic E-state index is 12.4. The third kappa shape index (κ3) is 8.86. The fourth-order valence-corrected chi connectivity index (χ4v) is 2.51. The number of amides is 3. The molecule has 8 N–H and O–H groups in total. The molecule has 0 aromatic rings. The van der Waals surface area contributed by atoms with Gasteiger partial charge in [-0.05, 0) is 24.6 Å². The molecule has 0 aromatic heterocycles. The predicted molar refractivity (Wildman–Crippen MR) is 97.9 cm³/mol. The van der Waals surface area contributed by atoms with E-state index >= 15 is 0 Å². The van der Waals surface area contributed by atoms with Crippen LogP contribution in [0.15, 0.2) is 0 Å².